The molecule has 0 fully saturated rings. The minimum atomic E-state index is -0.184. The fourth-order valence-corrected chi connectivity index (χ4v) is 1.77. The molecule has 0 heterocycles. The van der Waals surface area contributed by atoms with E-state index in [4.69, 9.17) is 0 Å². The Morgan fingerprint density at radius 1 is 1.47 bits per heavy atom. The summed E-state index contributed by atoms with van der Waals surface area (Å²) in [6.45, 7) is 3.82. The van der Waals surface area contributed by atoms with E-state index >= 15 is 0 Å². The van der Waals surface area contributed by atoms with Gasteiger partial charge in [-0.25, -0.2) is 0 Å². The molecular formula is C12H15BrO2. The molecule has 0 aliphatic rings. The maximum atomic E-state index is 11.7. The molecule has 0 aliphatic heterocycles. The molecule has 1 rings (SSSR count). The molecule has 82 valence electrons. The summed E-state index contributed by atoms with van der Waals surface area (Å²) in [7, 11) is 0. The minimum Gasteiger partial charge on any atom is -0.392 e. The number of carbonyl (C=O) groups is 1. The highest BCUT2D eigenvalue weighted by molar-refractivity contribution is 9.10. The maximum absolute atomic E-state index is 11.7. The monoisotopic (exact) mass is 270 g/mol. The summed E-state index contributed by atoms with van der Waals surface area (Å²) in [6.07, 6.45) is 0.869. The molecule has 0 saturated carbocycles. The summed E-state index contributed by atoms with van der Waals surface area (Å²) in [5.74, 6) is 0.0485. The van der Waals surface area contributed by atoms with Crippen LogP contribution in [0.4, 0.5) is 0 Å². The minimum absolute atomic E-state index is 0.0129. The van der Waals surface area contributed by atoms with Crippen molar-refractivity contribution in [1.82, 2.24) is 0 Å². The number of benzene rings is 1. The van der Waals surface area contributed by atoms with Gasteiger partial charge < -0.3 is 5.11 Å². The predicted octanol–water partition coefficient (Wildman–Crippen LogP) is 2.71. The normalized spacial score (nSPS) is 12.5. The van der Waals surface area contributed by atoms with Crippen molar-refractivity contribution in [2.75, 3.05) is 0 Å². The third kappa shape index (κ3) is 2.89. The van der Waals surface area contributed by atoms with E-state index in [9.17, 15) is 9.90 Å². The summed E-state index contributed by atoms with van der Waals surface area (Å²) in [6, 6.07) is 5.51. The molecule has 0 aromatic heterocycles. The van der Waals surface area contributed by atoms with Crippen LogP contribution in [-0.2, 0) is 13.0 Å². The number of Topliss-reactive ketones (excluding diaryl/α,β-unsaturated/α-hetero) is 1. The largest absolute Gasteiger partial charge is 0.392 e. The number of ketones is 1. The molecule has 0 radical (unpaired) electrons. The molecule has 2 nitrogen and oxygen atoms in total. The lowest BCUT2D eigenvalue weighted by molar-refractivity contribution is 0.0995. The first kappa shape index (κ1) is 12.4. The van der Waals surface area contributed by atoms with Crippen molar-refractivity contribution in [1.29, 1.82) is 0 Å². The van der Waals surface area contributed by atoms with Crippen LogP contribution in [0.3, 0.4) is 0 Å². The van der Waals surface area contributed by atoms with Gasteiger partial charge in [0.25, 0.3) is 0 Å². The zero-order valence-electron chi connectivity index (χ0n) is 8.96. The Morgan fingerprint density at radius 3 is 2.60 bits per heavy atom. The van der Waals surface area contributed by atoms with Crippen LogP contribution < -0.4 is 0 Å². The van der Waals surface area contributed by atoms with Gasteiger partial charge in [0.15, 0.2) is 5.78 Å². The highest BCUT2D eigenvalue weighted by atomic mass is 79.9. The lowest BCUT2D eigenvalue weighted by Gasteiger charge is -2.08. The second-order valence-corrected chi connectivity index (χ2v) is 4.85. The van der Waals surface area contributed by atoms with Crippen molar-refractivity contribution in [2.45, 2.75) is 31.7 Å². The van der Waals surface area contributed by atoms with Crippen LogP contribution in [0.2, 0.25) is 0 Å². The summed E-state index contributed by atoms with van der Waals surface area (Å²) in [5, 5.41) is 9.17. The van der Waals surface area contributed by atoms with E-state index in [1.807, 2.05) is 19.1 Å². The Hall–Kier alpha value is -0.670. The summed E-state index contributed by atoms with van der Waals surface area (Å²) >= 11 is 3.25. The van der Waals surface area contributed by atoms with Gasteiger partial charge in [-0.1, -0.05) is 35.0 Å². The number of aliphatic hydroxyl groups is 1. The number of rotatable bonds is 4. The summed E-state index contributed by atoms with van der Waals surface area (Å²) in [4.78, 5) is 11.5. The summed E-state index contributed by atoms with van der Waals surface area (Å²) in [5.41, 5.74) is 2.59. The SMILES string of the molecule is CCc1ccc(C(=O)C(C)Br)cc1CO. The van der Waals surface area contributed by atoms with Gasteiger partial charge in [0.2, 0.25) is 0 Å². The average molecular weight is 271 g/mol. The molecule has 0 bridgehead atoms. The summed E-state index contributed by atoms with van der Waals surface area (Å²) < 4.78 is 0. The highest BCUT2D eigenvalue weighted by Crippen LogP contribution is 2.16. The third-order valence-corrected chi connectivity index (χ3v) is 2.82. The zero-order chi connectivity index (χ0) is 11.4. The first-order valence-electron chi connectivity index (χ1n) is 5.01. The van der Waals surface area contributed by atoms with Gasteiger partial charge in [0, 0.05) is 5.56 Å². The Labute approximate surface area is 98.4 Å². The Bertz CT molecular complexity index is 359. The second-order valence-electron chi connectivity index (χ2n) is 3.48. The molecule has 1 aromatic rings. The fourth-order valence-electron chi connectivity index (χ4n) is 1.50. The molecule has 1 atom stereocenters. The number of carbonyl (C=O) groups excluding carboxylic acids is 1. The van der Waals surface area contributed by atoms with Crippen LogP contribution in [-0.4, -0.2) is 15.7 Å². The zero-order valence-corrected chi connectivity index (χ0v) is 10.5. The van der Waals surface area contributed by atoms with Crippen molar-refractivity contribution in [2.24, 2.45) is 0 Å². The molecular weight excluding hydrogens is 256 g/mol. The quantitative estimate of drug-likeness (QED) is 0.675. The highest BCUT2D eigenvalue weighted by Gasteiger charge is 2.13. The van der Waals surface area contributed by atoms with Crippen molar-refractivity contribution in [3.8, 4) is 0 Å². The van der Waals surface area contributed by atoms with Crippen molar-refractivity contribution in [3.63, 3.8) is 0 Å². The number of hydrogen-bond acceptors (Lipinski definition) is 2. The van der Waals surface area contributed by atoms with Gasteiger partial charge in [-0.3, -0.25) is 4.79 Å². The van der Waals surface area contributed by atoms with E-state index in [-0.39, 0.29) is 17.2 Å². The van der Waals surface area contributed by atoms with Crippen LogP contribution in [0.15, 0.2) is 18.2 Å². The molecule has 1 aromatic carbocycles. The van der Waals surface area contributed by atoms with E-state index in [0.717, 1.165) is 17.5 Å². The number of aryl methyl sites for hydroxylation is 1. The number of halogens is 1. The van der Waals surface area contributed by atoms with Crippen LogP contribution in [0.1, 0.15) is 35.3 Å². The molecule has 3 heteroatoms. The van der Waals surface area contributed by atoms with Gasteiger partial charge in [-0.15, -0.1) is 0 Å². The number of hydrogen-bond donors (Lipinski definition) is 1. The molecule has 1 unspecified atom stereocenters. The van der Waals surface area contributed by atoms with E-state index in [1.54, 1.807) is 13.0 Å². The van der Waals surface area contributed by atoms with Crippen molar-refractivity contribution >= 4 is 21.7 Å². The van der Waals surface area contributed by atoms with Crippen LogP contribution in [0.25, 0.3) is 0 Å². The van der Waals surface area contributed by atoms with Crippen molar-refractivity contribution in [3.05, 3.63) is 34.9 Å². The molecule has 0 amide bonds. The Kier molecular flexibility index (Phi) is 4.48. The predicted molar refractivity (Wildman–Crippen MR) is 64.5 cm³/mol. The smallest absolute Gasteiger partial charge is 0.176 e. The molecule has 15 heavy (non-hydrogen) atoms. The Balaban J connectivity index is 3.08. The molecule has 0 aliphatic carbocycles. The third-order valence-electron chi connectivity index (χ3n) is 2.40. The van der Waals surface area contributed by atoms with Gasteiger partial charge in [0.1, 0.15) is 0 Å². The molecule has 1 N–H and O–H groups in total. The second kappa shape index (κ2) is 5.42. The Morgan fingerprint density at radius 2 is 2.13 bits per heavy atom. The van der Waals surface area contributed by atoms with Crippen LogP contribution in [0.5, 0.6) is 0 Å². The van der Waals surface area contributed by atoms with Gasteiger partial charge in [0.05, 0.1) is 11.4 Å². The first-order valence-corrected chi connectivity index (χ1v) is 5.92. The van der Waals surface area contributed by atoms with Crippen LogP contribution >= 0.6 is 15.9 Å². The molecule has 0 saturated heterocycles. The fraction of sp³-hybridized carbons (Fsp3) is 0.417. The van der Waals surface area contributed by atoms with Gasteiger partial charge >= 0.3 is 0 Å². The van der Waals surface area contributed by atoms with Crippen molar-refractivity contribution < 1.29 is 9.90 Å². The lowest BCUT2D eigenvalue weighted by atomic mass is 10.00. The van der Waals surface area contributed by atoms with Gasteiger partial charge in [-0.2, -0.15) is 0 Å². The molecule has 0 spiro atoms. The first-order chi connectivity index (χ1) is 7.10. The maximum Gasteiger partial charge on any atom is 0.176 e. The van der Waals surface area contributed by atoms with Gasteiger partial charge in [-0.05, 0) is 30.5 Å². The lowest BCUT2D eigenvalue weighted by Crippen LogP contribution is -2.10. The topological polar surface area (TPSA) is 37.3 Å². The number of aliphatic hydroxyl groups excluding tert-OH is 1. The van der Waals surface area contributed by atoms with Crippen LogP contribution in [0, 0.1) is 0 Å². The van der Waals surface area contributed by atoms with E-state index in [0.29, 0.717) is 5.56 Å². The van der Waals surface area contributed by atoms with E-state index in [2.05, 4.69) is 15.9 Å². The standard InChI is InChI=1S/C12H15BrO2/c1-3-9-4-5-10(6-11(9)7-14)12(15)8(2)13/h4-6,8,14H,3,7H2,1-2H3. The number of alkyl halides is 1. The average Bonchev–Trinajstić information content (AvgIpc) is 2.26. The van der Waals surface area contributed by atoms with E-state index in [1.165, 1.54) is 0 Å². The van der Waals surface area contributed by atoms with E-state index < -0.39 is 0 Å².